The summed E-state index contributed by atoms with van der Waals surface area (Å²) in [7, 11) is 0. The van der Waals surface area contributed by atoms with E-state index in [9.17, 15) is 4.79 Å². The number of pyridine rings is 1. The first-order valence-electron chi connectivity index (χ1n) is 6.69. The maximum atomic E-state index is 11.9. The number of aryl methyl sites for hydroxylation is 2. The average Bonchev–Trinajstić information content (AvgIpc) is 2.40. The molecule has 0 bridgehead atoms. The number of esters is 1. The van der Waals surface area contributed by atoms with E-state index in [1.54, 1.807) is 19.1 Å². The molecular weight excluding hydrogens is 284 g/mol. The van der Waals surface area contributed by atoms with Gasteiger partial charge in [0.2, 0.25) is 0 Å². The van der Waals surface area contributed by atoms with Crippen molar-refractivity contribution in [1.82, 2.24) is 4.98 Å². The van der Waals surface area contributed by atoms with E-state index in [1.165, 1.54) is 11.8 Å². The van der Waals surface area contributed by atoms with Crippen molar-refractivity contribution in [1.29, 1.82) is 0 Å². The Balaban J connectivity index is 2.28. The van der Waals surface area contributed by atoms with Crippen molar-refractivity contribution in [3.8, 4) is 0 Å². The SMILES string of the molecule is CCOC(=O)c1cc(Sc2cc(C)cc(C)n2)ccc1N. The van der Waals surface area contributed by atoms with Crippen LogP contribution in [0.3, 0.4) is 0 Å². The number of nitrogens with zero attached hydrogens (tertiary/aromatic N) is 1. The van der Waals surface area contributed by atoms with Gasteiger partial charge in [0, 0.05) is 16.3 Å². The van der Waals surface area contributed by atoms with Crippen LogP contribution >= 0.6 is 11.8 Å². The van der Waals surface area contributed by atoms with Crippen LogP contribution in [0.4, 0.5) is 5.69 Å². The summed E-state index contributed by atoms with van der Waals surface area (Å²) in [6, 6.07) is 9.38. The van der Waals surface area contributed by atoms with E-state index < -0.39 is 5.97 Å². The van der Waals surface area contributed by atoms with Gasteiger partial charge in [0.05, 0.1) is 12.2 Å². The molecule has 5 heteroatoms. The van der Waals surface area contributed by atoms with Gasteiger partial charge in [0.25, 0.3) is 0 Å². The fourth-order valence-corrected chi connectivity index (χ4v) is 2.95. The number of nitrogens with two attached hydrogens (primary N) is 1. The number of benzene rings is 1. The molecule has 0 aliphatic carbocycles. The number of ether oxygens (including phenoxy) is 1. The first-order chi connectivity index (χ1) is 9.99. The van der Waals surface area contributed by atoms with Gasteiger partial charge < -0.3 is 10.5 Å². The number of nitrogen functional groups attached to an aromatic ring is 1. The minimum absolute atomic E-state index is 0.328. The monoisotopic (exact) mass is 302 g/mol. The lowest BCUT2D eigenvalue weighted by molar-refractivity contribution is 0.0527. The minimum Gasteiger partial charge on any atom is -0.462 e. The van der Waals surface area contributed by atoms with Crippen LogP contribution in [0, 0.1) is 13.8 Å². The standard InChI is InChI=1S/C16H18N2O2S/c1-4-20-16(19)13-9-12(5-6-14(13)17)21-15-8-10(2)7-11(3)18-15/h5-9H,4,17H2,1-3H3. The molecule has 0 unspecified atom stereocenters. The lowest BCUT2D eigenvalue weighted by Crippen LogP contribution is -2.08. The van der Waals surface area contributed by atoms with Gasteiger partial charge in [-0.05, 0) is 56.7 Å². The van der Waals surface area contributed by atoms with E-state index in [4.69, 9.17) is 10.5 Å². The fraction of sp³-hybridized carbons (Fsp3) is 0.250. The highest BCUT2D eigenvalue weighted by Crippen LogP contribution is 2.29. The van der Waals surface area contributed by atoms with Gasteiger partial charge >= 0.3 is 5.97 Å². The molecule has 2 N–H and O–H groups in total. The lowest BCUT2D eigenvalue weighted by atomic mass is 10.2. The van der Waals surface area contributed by atoms with Crippen LogP contribution in [-0.2, 0) is 4.74 Å². The summed E-state index contributed by atoms with van der Waals surface area (Å²) >= 11 is 1.50. The summed E-state index contributed by atoms with van der Waals surface area (Å²) < 4.78 is 5.01. The molecular formula is C16H18N2O2S. The van der Waals surface area contributed by atoms with Crippen LogP contribution in [0.5, 0.6) is 0 Å². The minimum atomic E-state index is -0.397. The molecule has 0 saturated carbocycles. The second-order valence-electron chi connectivity index (χ2n) is 4.70. The van der Waals surface area contributed by atoms with Gasteiger partial charge in [-0.1, -0.05) is 11.8 Å². The van der Waals surface area contributed by atoms with Crippen molar-refractivity contribution in [2.75, 3.05) is 12.3 Å². The Morgan fingerprint density at radius 2 is 2.05 bits per heavy atom. The zero-order chi connectivity index (χ0) is 15.4. The van der Waals surface area contributed by atoms with Crippen molar-refractivity contribution in [2.45, 2.75) is 30.7 Å². The zero-order valence-corrected chi connectivity index (χ0v) is 13.2. The number of carbonyl (C=O) groups is 1. The Hall–Kier alpha value is -2.01. The summed E-state index contributed by atoms with van der Waals surface area (Å²) in [4.78, 5) is 17.2. The second-order valence-corrected chi connectivity index (χ2v) is 5.79. The van der Waals surface area contributed by atoms with E-state index in [-0.39, 0.29) is 0 Å². The average molecular weight is 302 g/mol. The Morgan fingerprint density at radius 1 is 1.29 bits per heavy atom. The topological polar surface area (TPSA) is 65.2 Å². The van der Waals surface area contributed by atoms with Crippen LogP contribution in [0.2, 0.25) is 0 Å². The van der Waals surface area contributed by atoms with Crippen LogP contribution in [0.15, 0.2) is 40.3 Å². The van der Waals surface area contributed by atoms with Gasteiger partial charge in [-0.25, -0.2) is 9.78 Å². The van der Waals surface area contributed by atoms with Crippen LogP contribution in [-0.4, -0.2) is 17.6 Å². The molecule has 21 heavy (non-hydrogen) atoms. The predicted octanol–water partition coefficient (Wildman–Crippen LogP) is 3.61. The first kappa shape index (κ1) is 15.4. The van der Waals surface area contributed by atoms with Crippen molar-refractivity contribution in [3.05, 3.63) is 47.2 Å². The smallest absolute Gasteiger partial charge is 0.340 e. The summed E-state index contributed by atoms with van der Waals surface area (Å²) in [6.45, 7) is 6.09. The molecule has 0 fully saturated rings. The number of carbonyl (C=O) groups excluding carboxylic acids is 1. The molecule has 110 valence electrons. The fourth-order valence-electron chi connectivity index (χ4n) is 1.96. The Kier molecular flexibility index (Phi) is 4.85. The molecule has 4 nitrogen and oxygen atoms in total. The van der Waals surface area contributed by atoms with Crippen LogP contribution < -0.4 is 5.73 Å². The number of aromatic nitrogens is 1. The van der Waals surface area contributed by atoms with Crippen LogP contribution in [0.25, 0.3) is 0 Å². The quantitative estimate of drug-likeness (QED) is 0.690. The Labute approximate surface area is 128 Å². The summed E-state index contributed by atoms with van der Waals surface area (Å²) in [5, 5.41) is 0.895. The summed E-state index contributed by atoms with van der Waals surface area (Å²) in [6.07, 6.45) is 0. The maximum absolute atomic E-state index is 11.9. The Bertz CT molecular complexity index is 651. The third kappa shape index (κ3) is 3.98. The van der Waals surface area contributed by atoms with Gasteiger partial charge in [-0.2, -0.15) is 0 Å². The predicted molar refractivity (Wildman–Crippen MR) is 84.6 cm³/mol. The molecule has 0 saturated heterocycles. The molecule has 1 heterocycles. The molecule has 0 aliphatic heterocycles. The largest absolute Gasteiger partial charge is 0.462 e. The maximum Gasteiger partial charge on any atom is 0.340 e. The van der Waals surface area contributed by atoms with E-state index >= 15 is 0 Å². The molecule has 0 atom stereocenters. The molecule has 0 radical (unpaired) electrons. The van der Waals surface area contributed by atoms with Gasteiger partial charge in [0.1, 0.15) is 5.03 Å². The lowest BCUT2D eigenvalue weighted by Gasteiger charge is -2.08. The van der Waals surface area contributed by atoms with E-state index in [2.05, 4.69) is 4.98 Å². The molecule has 0 aliphatic rings. The molecule has 1 aromatic carbocycles. The normalized spacial score (nSPS) is 10.4. The van der Waals surface area contributed by atoms with Gasteiger partial charge in [-0.15, -0.1) is 0 Å². The molecule has 2 rings (SSSR count). The van der Waals surface area contributed by atoms with Crippen molar-refractivity contribution >= 4 is 23.4 Å². The van der Waals surface area contributed by atoms with Gasteiger partial charge in [0.15, 0.2) is 0 Å². The zero-order valence-electron chi connectivity index (χ0n) is 12.3. The van der Waals surface area contributed by atoms with Crippen molar-refractivity contribution in [2.24, 2.45) is 0 Å². The van der Waals surface area contributed by atoms with E-state index in [1.807, 2.05) is 32.0 Å². The van der Waals surface area contributed by atoms with E-state index in [0.717, 1.165) is 21.2 Å². The Morgan fingerprint density at radius 3 is 2.71 bits per heavy atom. The second kappa shape index (κ2) is 6.63. The highest BCUT2D eigenvalue weighted by atomic mass is 32.2. The number of hydrogen-bond acceptors (Lipinski definition) is 5. The number of rotatable bonds is 4. The number of anilines is 1. The van der Waals surface area contributed by atoms with Crippen molar-refractivity contribution < 1.29 is 9.53 Å². The van der Waals surface area contributed by atoms with Crippen LogP contribution in [0.1, 0.15) is 28.5 Å². The van der Waals surface area contributed by atoms with Gasteiger partial charge in [-0.3, -0.25) is 0 Å². The summed E-state index contributed by atoms with van der Waals surface area (Å²) in [5.41, 5.74) is 8.78. The molecule has 1 aromatic heterocycles. The van der Waals surface area contributed by atoms with Crippen molar-refractivity contribution in [3.63, 3.8) is 0 Å². The first-order valence-corrected chi connectivity index (χ1v) is 7.51. The highest BCUT2D eigenvalue weighted by molar-refractivity contribution is 7.99. The summed E-state index contributed by atoms with van der Waals surface area (Å²) in [5.74, 6) is -0.397. The third-order valence-corrected chi connectivity index (χ3v) is 3.72. The molecule has 0 amide bonds. The molecule has 2 aromatic rings. The highest BCUT2D eigenvalue weighted by Gasteiger charge is 2.12. The number of hydrogen-bond donors (Lipinski definition) is 1. The third-order valence-electron chi connectivity index (χ3n) is 2.82. The van der Waals surface area contributed by atoms with E-state index in [0.29, 0.717) is 17.9 Å². The molecule has 0 spiro atoms.